The van der Waals surface area contributed by atoms with E-state index in [1.807, 2.05) is 34.5 Å². The van der Waals surface area contributed by atoms with Crippen LogP contribution in [0.4, 0.5) is 4.39 Å². The Kier molecular flexibility index (Phi) is 7.13. The summed E-state index contributed by atoms with van der Waals surface area (Å²) in [5.41, 5.74) is 2.04. The molecule has 0 radical (unpaired) electrons. The molecule has 4 nitrogen and oxygen atoms in total. The highest BCUT2D eigenvalue weighted by Crippen LogP contribution is 2.24. The molecule has 0 aliphatic carbocycles. The van der Waals surface area contributed by atoms with Gasteiger partial charge in [0.05, 0.1) is 14.9 Å². The van der Waals surface area contributed by atoms with Crippen LogP contribution in [0, 0.1) is 5.82 Å². The van der Waals surface area contributed by atoms with Crippen LogP contribution in [0.5, 0.6) is 5.75 Å². The lowest BCUT2D eigenvalue weighted by Crippen LogP contribution is -2.48. The van der Waals surface area contributed by atoms with Gasteiger partial charge in [-0.25, -0.2) is 4.39 Å². The number of nitrogens with zero attached hydrogens (tertiary/aromatic N) is 2. The van der Waals surface area contributed by atoms with Gasteiger partial charge in [-0.2, -0.15) is 0 Å². The first-order valence-electron chi connectivity index (χ1n) is 9.89. The Morgan fingerprint density at radius 1 is 0.968 bits per heavy atom. The molecular weight excluding hydrogens is 458 g/mol. The van der Waals surface area contributed by atoms with Crippen LogP contribution in [0.25, 0.3) is 0 Å². The van der Waals surface area contributed by atoms with Crippen molar-refractivity contribution in [1.82, 2.24) is 9.80 Å². The molecule has 0 unspecified atom stereocenters. The van der Waals surface area contributed by atoms with Gasteiger partial charge in [-0.3, -0.25) is 9.69 Å². The van der Waals surface area contributed by atoms with Gasteiger partial charge in [0.15, 0.2) is 0 Å². The maximum Gasteiger partial charge on any atom is 0.264 e. The summed E-state index contributed by atoms with van der Waals surface area (Å²) in [5.74, 6) is 0.346. The second-order valence-electron chi connectivity index (χ2n) is 7.38. The number of amides is 1. The minimum absolute atomic E-state index is 0.0484. The summed E-state index contributed by atoms with van der Waals surface area (Å²) in [6, 6.07) is 13.5. The van der Waals surface area contributed by atoms with Crippen LogP contribution in [0.2, 0.25) is 10.0 Å². The van der Waals surface area contributed by atoms with Gasteiger partial charge in [-0.1, -0.05) is 29.3 Å². The minimum Gasteiger partial charge on any atom is -0.489 e. The molecular formula is C23H21Cl2FN2O2S. The van der Waals surface area contributed by atoms with E-state index in [4.69, 9.17) is 27.9 Å². The summed E-state index contributed by atoms with van der Waals surface area (Å²) < 4.78 is 18.6. The van der Waals surface area contributed by atoms with Crippen molar-refractivity contribution in [2.75, 3.05) is 26.2 Å². The standard InChI is InChI=1S/C23H21Cl2FN2O2S/c24-20-6-1-16(11-21(20)25)13-27-7-9-28(10-8-27)23(29)22-12-17(15-31-22)14-30-19-4-2-18(26)3-5-19/h1-6,11-12,15H,7-10,13-14H2. The number of carbonyl (C=O) groups excluding carboxylic acids is 1. The van der Waals surface area contributed by atoms with Gasteiger partial charge in [0.25, 0.3) is 5.91 Å². The lowest BCUT2D eigenvalue weighted by molar-refractivity contribution is 0.0633. The van der Waals surface area contributed by atoms with E-state index in [-0.39, 0.29) is 11.7 Å². The van der Waals surface area contributed by atoms with Gasteiger partial charge in [0.2, 0.25) is 0 Å². The summed E-state index contributed by atoms with van der Waals surface area (Å²) in [6.07, 6.45) is 0. The van der Waals surface area contributed by atoms with Crippen LogP contribution in [0.1, 0.15) is 20.8 Å². The molecule has 4 rings (SSSR count). The van der Waals surface area contributed by atoms with E-state index >= 15 is 0 Å². The van der Waals surface area contributed by atoms with E-state index < -0.39 is 0 Å². The zero-order chi connectivity index (χ0) is 21.8. The van der Waals surface area contributed by atoms with E-state index in [1.54, 1.807) is 12.1 Å². The Balaban J connectivity index is 1.27. The topological polar surface area (TPSA) is 32.8 Å². The predicted molar refractivity (Wildman–Crippen MR) is 123 cm³/mol. The number of carbonyl (C=O) groups is 1. The minimum atomic E-state index is -0.298. The van der Waals surface area contributed by atoms with Crippen LogP contribution in [-0.2, 0) is 13.2 Å². The number of benzene rings is 2. The number of rotatable bonds is 6. The summed E-state index contributed by atoms with van der Waals surface area (Å²) >= 11 is 13.5. The second kappa shape index (κ2) is 10.0. The molecule has 1 aliphatic rings. The highest BCUT2D eigenvalue weighted by molar-refractivity contribution is 7.12. The van der Waals surface area contributed by atoms with Crippen molar-refractivity contribution < 1.29 is 13.9 Å². The van der Waals surface area contributed by atoms with Gasteiger partial charge in [0.1, 0.15) is 18.2 Å². The lowest BCUT2D eigenvalue weighted by atomic mass is 10.2. The Bertz CT molecular complexity index is 1050. The number of hydrogen-bond donors (Lipinski definition) is 0. The van der Waals surface area contributed by atoms with Crippen molar-refractivity contribution in [3.8, 4) is 5.75 Å². The first kappa shape index (κ1) is 22.1. The Morgan fingerprint density at radius 3 is 2.42 bits per heavy atom. The maximum atomic E-state index is 13.0. The van der Waals surface area contributed by atoms with Crippen molar-refractivity contribution in [2.45, 2.75) is 13.2 Å². The molecule has 1 amide bonds. The fraction of sp³-hybridized carbons (Fsp3) is 0.261. The molecule has 0 spiro atoms. The van der Waals surface area contributed by atoms with E-state index in [9.17, 15) is 9.18 Å². The van der Waals surface area contributed by atoms with E-state index in [2.05, 4.69) is 4.90 Å². The van der Waals surface area contributed by atoms with Gasteiger partial charge in [-0.15, -0.1) is 11.3 Å². The molecule has 162 valence electrons. The average molecular weight is 479 g/mol. The van der Waals surface area contributed by atoms with Gasteiger partial charge in [-0.05, 0) is 53.4 Å². The largest absolute Gasteiger partial charge is 0.489 e. The van der Waals surface area contributed by atoms with Crippen LogP contribution in [0.3, 0.4) is 0 Å². The van der Waals surface area contributed by atoms with E-state index in [1.165, 1.54) is 23.5 Å². The number of thiophene rings is 1. The molecule has 0 saturated carbocycles. The van der Waals surface area contributed by atoms with Crippen molar-refractivity contribution in [1.29, 1.82) is 0 Å². The molecule has 8 heteroatoms. The van der Waals surface area contributed by atoms with Crippen LogP contribution >= 0.6 is 34.5 Å². The number of halogens is 3. The van der Waals surface area contributed by atoms with Gasteiger partial charge in [0, 0.05) is 38.3 Å². The van der Waals surface area contributed by atoms with Crippen LogP contribution < -0.4 is 4.74 Å². The molecule has 1 fully saturated rings. The maximum absolute atomic E-state index is 13.0. The summed E-state index contributed by atoms with van der Waals surface area (Å²) in [6.45, 7) is 4.09. The number of piperazine rings is 1. The van der Waals surface area contributed by atoms with E-state index in [0.29, 0.717) is 40.4 Å². The second-order valence-corrected chi connectivity index (χ2v) is 9.10. The summed E-state index contributed by atoms with van der Waals surface area (Å²) in [4.78, 5) is 17.8. The predicted octanol–water partition coefficient (Wildman–Crippen LogP) is 5.73. The van der Waals surface area contributed by atoms with Crippen molar-refractivity contribution in [3.05, 3.63) is 85.8 Å². The molecule has 31 heavy (non-hydrogen) atoms. The summed E-state index contributed by atoms with van der Waals surface area (Å²) in [7, 11) is 0. The smallest absolute Gasteiger partial charge is 0.264 e. The molecule has 2 aromatic carbocycles. The Hall–Kier alpha value is -2.12. The highest BCUT2D eigenvalue weighted by Gasteiger charge is 2.23. The quantitative estimate of drug-likeness (QED) is 0.453. The number of ether oxygens (including phenoxy) is 1. The molecule has 1 aliphatic heterocycles. The number of hydrogen-bond acceptors (Lipinski definition) is 4. The fourth-order valence-electron chi connectivity index (χ4n) is 3.42. The molecule has 1 saturated heterocycles. The summed E-state index contributed by atoms with van der Waals surface area (Å²) in [5, 5.41) is 3.04. The van der Waals surface area contributed by atoms with E-state index in [0.717, 1.165) is 30.8 Å². The third kappa shape index (κ3) is 5.77. The molecule has 0 bridgehead atoms. The van der Waals surface area contributed by atoms with Crippen molar-refractivity contribution in [2.24, 2.45) is 0 Å². The first-order valence-corrected chi connectivity index (χ1v) is 11.5. The fourth-order valence-corrected chi connectivity index (χ4v) is 4.61. The van der Waals surface area contributed by atoms with Crippen LogP contribution in [-0.4, -0.2) is 41.9 Å². The Morgan fingerprint density at radius 2 is 1.71 bits per heavy atom. The normalized spacial score (nSPS) is 14.6. The molecule has 0 N–H and O–H groups in total. The monoisotopic (exact) mass is 478 g/mol. The molecule has 2 heterocycles. The van der Waals surface area contributed by atoms with Gasteiger partial charge >= 0.3 is 0 Å². The van der Waals surface area contributed by atoms with Crippen LogP contribution in [0.15, 0.2) is 53.9 Å². The average Bonchev–Trinajstić information content (AvgIpc) is 3.25. The zero-order valence-corrected chi connectivity index (χ0v) is 19.0. The van der Waals surface area contributed by atoms with Crippen molar-refractivity contribution >= 4 is 40.4 Å². The zero-order valence-electron chi connectivity index (χ0n) is 16.7. The third-order valence-corrected chi connectivity index (χ3v) is 6.84. The molecule has 1 aromatic heterocycles. The first-order chi connectivity index (χ1) is 15.0. The van der Waals surface area contributed by atoms with Crippen molar-refractivity contribution in [3.63, 3.8) is 0 Å². The third-order valence-electron chi connectivity index (χ3n) is 5.13. The van der Waals surface area contributed by atoms with Gasteiger partial charge < -0.3 is 9.64 Å². The SMILES string of the molecule is O=C(c1cc(COc2ccc(F)cc2)cs1)N1CCN(Cc2ccc(Cl)c(Cl)c2)CC1. The molecule has 3 aromatic rings. The lowest BCUT2D eigenvalue weighted by Gasteiger charge is -2.34. The highest BCUT2D eigenvalue weighted by atomic mass is 35.5. The molecule has 0 atom stereocenters. The Labute approximate surface area is 194 Å².